The summed E-state index contributed by atoms with van der Waals surface area (Å²) in [6.45, 7) is 0.415. The highest BCUT2D eigenvalue weighted by atomic mass is 35.5. The summed E-state index contributed by atoms with van der Waals surface area (Å²) in [4.78, 5) is 0.123. The molecule has 2 fully saturated rings. The van der Waals surface area contributed by atoms with Gasteiger partial charge >= 0.3 is 0 Å². The van der Waals surface area contributed by atoms with Gasteiger partial charge in [0.25, 0.3) is 0 Å². The van der Waals surface area contributed by atoms with Crippen molar-refractivity contribution in [1.29, 1.82) is 0 Å². The molecule has 20 heavy (non-hydrogen) atoms. The first kappa shape index (κ1) is 14.3. The molecule has 0 saturated heterocycles. The van der Waals surface area contributed by atoms with E-state index in [1.165, 1.54) is 6.07 Å². The van der Waals surface area contributed by atoms with E-state index in [0.717, 1.165) is 25.7 Å². The highest BCUT2D eigenvalue weighted by molar-refractivity contribution is 7.89. The summed E-state index contributed by atoms with van der Waals surface area (Å²) in [7, 11) is -3.57. The second-order valence-electron chi connectivity index (χ2n) is 5.67. The van der Waals surface area contributed by atoms with Crippen LogP contribution in [0, 0.1) is 5.92 Å². The van der Waals surface area contributed by atoms with Crippen molar-refractivity contribution in [3.05, 3.63) is 28.8 Å². The van der Waals surface area contributed by atoms with E-state index >= 15 is 0 Å². The Balaban J connectivity index is 1.96. The molecule has 0 unspecified atom stereocenters. The first-order valence-corrected chi connectivity index (χ1v) is 8.75. The molecule has 110 valence electrons. The van der Waals surface area contributed by atoms with Gasteiger partial charge in [-0.15, -0.1) is 0 Å². The van der Waals surface area contributed by atoms with E-state index in [-0.39, 0.29) is 22.6 Å². The molecule has 1 aromatic rings. The van der Waals surface area contributed by atoms with Gasteiger partial charge in [-0.1, -0.05) is 17.7 Å². The van der Waals surface area contributed by atoms with Crippen LogP contribution >= 0.6 is 11.6 Å². The van der Waals surface area contributed by atoms with Crippen LogP contribution in [0.15, 0.2) is 23.1 Å². The Kier molecular flexibility index (Phi) is 3.79. The van der Waals surface area contributed by atoms with Crippen LogP contribution in [-0.2, 0) is 16.6 Å². The fourth-order valence-electron chi connectivity index (χ4n) is 2.33. The Labute approximate surface area is 124 Å². The quantitative estimate of drug-likeness (QED) is 0.877. The van der Waals surface area contributed by atoms with Crippen LogP contribution < -0.4 is 0 Å². The van der Waals surface area contributed by atoms with Gasteiger partial charge in [-0.25, -0.2) is 8.42 Å². The maximum Gasteiger partial charge on any atom is 0.244 e. The lowest BCUT2D eigenvalue weighted by molar-refractivity contribution is 0.281. The minimum Gasteiger partial charge on any atom is -0.392 e. The van der Waals surface area contributed by atoms with E-state index in [2.05, 4.69) is 0 Å². The van der Waals surface area contributed by atoms with E-state index in [1.54, 1.807) is 16.4 Å². The molecule has 0 spiro atoms. The fraction of sp³-hybridized carbons (Fsp3) is 0.571. The molecule has 2 aliphatic carbocycles. The molecule has 0 bridgehead atoms. The lowest BCUT2D eigenvalue weighted by Crippen LogP contribution is -2.35. The summed E-state index contributed by atoms with van der Waals surface area (Å²) in [6.07, 6.45) is 4.10. The third-order valence-corrected chi connectivity index (χ3v) is 6.25. The number of benzene rings is 1. The molecule has 1 aromatic carbocycles. The summed E-state index contributed by atoms with van der Waals surface area (Å²) < 4.78 is 27.3. The van der Waals surface area contributed by atoms with Crippen LogP contribution in [0.1, 0.15) is 31.2 Å². The summed E-state index contributed by atoms with van der Waals surface area (Å²) in [6, 6.07) is 4.81. The van der Waals surface area contributed by atoms with E-state index in [0.29, 0.717) is 18.0 Å². The molecule has 0 heterocycles. The summed E-state index contributed by atoms with van der Waals surface area (Å²) >= 11 is 6.07. The maximum absolute atomic E-state index is 12.8. The first-order chi connectivity index (χ1) is 9.52. The molecule has 0 atom stereocenters. The Bertz CT molecular complexity index is 609. The number of aliphatic hydroxyl groups is 1. The molecule has 6 heteroatoms. The topological polar surface area (TPSA) is 57.6 Å². The summed E-state index contributed by atoms with van der Waals surface area (Å²) in [5.74, 6) is 0.505. The standard InChI is InChI=1S/C14H18ClNO3S/c15-13-6-3-11(9-17)7-14(13)20(18,19)16(12-4-5-12)8-10-1-2-10/h3,6-7,10,12,17H,1-2,4-5,8-9H2. The van der Waals surface area contributed by atoms with Crippen LogP contribution in [0.4, 0.5) is 0 Å². The van der Waals surface area contributed by atoms with E-state index in [9.17, 15) is 13.5 Å². The number of aliphatic hydroxyl groups excluding tert-OH is 1. The van der Waals surface area contributed by atoms with Crippen molar-refractivity contribution in [1.82, 2.24) is 4.31 Å². The van der Waals surface area contributed by atoms with E-state index < -0.39 is 10.0 Å². The number of hydrogen-bond acceptors (Lipinski definition) is 3. The number of halogens is 1. The summed E-state index contributed by atoms with van der Waals surface area (Å²) in [5.41, 5.74) is 0.565. The van der Waals surface area contributed by atoms with Crippen molar-refractivity contribution >= 4 is 21.6 Å². The van der Waals surface area contributed by atoms with Gasteiger partial charge in [-0.3, -0.25) is 0 Å². The normalized spacial score (nSPS) is 19.6. The molecule has 4 nitrogen and oxygen atoms in total. The van der Waals surface area contributed by atoms with Gasteiger partial charge in [0.15, 0.2) is 0 Å². The summed E-state index contributed by atoms with van der Waals surface area (Å²) in [5, 5.41) is 9.41. The SMILES string of the molecule is O=S(=O)(c1cc(CO)ccc1Cl)N(CC1CC1)C1CC1. The Hall–Kier alpha value is -0.620. The van der Waals surface area contributed by atoms with Gasteiger partial charge in [0, 0.05) is 12.6 Å². The lowest BCUT2D eigenvalue weighted by Gasteiger charge is -2.22. The molecule has 3 rings (SSSR count). The first-order valence-electron chi connectivity index (χ1n) is 6.93. The fourth-order valence-corrected chi connectivity index (χ4v) is 4.62. The predicted molar refractivity (Wildman–Crippen MR) is 77.0 cm³/mol. The van der Waals surface area contributed by atoms with Gasteiger partial charge in [0.05, 0.1) is 11.6 Å². The van der Waals surface area contributed by atoms with Crippen molar-refractivity contribution in [3.63, 3.8) is 0 Å². The Morgan fingerprint density at radius 1 is 1.25 bits per heavy atom. The van der Waals surface area contributed by atoms with Crippen molar-refractivity contribution in [2.75, 3.05) is 6.54 Å². The Morgan fingerprint density at radius 2 is 1.95 bits per heavy atom. The number of hydrogen-bond donors (Lipinski definition) is 1. The predicted octanol–water partition coefficient (Wildman–Crippen LogP) is 2.40. The Morgan fingerprint density at radius 3 is 2.50 bits per heavy atom. The smallest absolute Gasteiger partial charge is 0.244 e. The number of nitrogens with zero attached hydrogens (tertiary/aromatic N) is 1. The molecule has 0 aliphatic heterocycles. The van der Waals surface area contributed by atoms with Crippen LogP contribution in [0.3, 0.4) is 0 Å². The maximum atomic E-state index is 12.8. The molecule has 2 aliphatic rings. The zero-order valence-corrected chi connectivity index (χ0v) is 12.7. The average molecular weight is 316 g/mol. The van der Waals surface area contributed by atoms with Crippen molar-refractivity contribution in [2.24, 2.45) is 5.92 Å². The van der Waals surface area contributed by atoms with Crippen molar-refractivity contribution in [3.8, 4) is 0 Å². The number of sulfonamides is 1. The second-order valence-corrected chi connectivity index (χ2v) is 7.94. The average Bonchev–Trinajstić information content (AvgIpc) is 3.28. The minimum atomic E-state index is -3.57. The van der Waals surface area contributed by atoms with E-state index in [1.807, 2.05) is 0 Å². The van der Waals surface area contributed by atoms with Crippen molar-refractivity contribution < 1.29 is 13.5 Å². The van der Waals surface area contributed by atoms with Gasteiger partial charge in [0.1, 0.15) is 4.90 Å². The molecule has 1 N–H and O–H groups in total. The zero-order chi connectivity index (χ0) is 14.3. The number of rotatable bonds is 6. The van der Waals surface area contributed by atoms with Crippen LogP contribution in [0.25, 0.3) is 0 Å². The molecule has 0 amide bonds. The largest absolute Gasteiger partial charge is 0.392 e. The lowest BCUT2D eigenvalue weighted by atomic mass is 10.2. The van der Waals surface area contributed by atoms with E-state index in [4.69, 9.17) is 11.6 Å². The highest BCUT2D eigenvalue weighted by Crippen LogP contribution is 2.39. The molecule has 2 saturated carbocycles. The minimum absolute atomic E-state index is 0.123. The molecule has 0 radical (unpaired) electrons. The monoisotopic (exact) mass is 315 g/mol. The van der Waals surface area contributed by atoms with Gasteiger partial charge in [0.2, 0.25) is 10.0 Å². The molecule has 0 aromatic heterocycles. The third kappa shape index (κ3) is 2.86. The van der Waals surface area contributed by atoms with Crippen LogP contribution in [0.2, 0.25) is 5.02 Å². The second kappa shape index (κ2) is 5.30. The highest BCUT2D eigenvalue weighted by Gasteiger charge is 2.41. The van der Waals surface area contributed by atoms with Crippen molar-refractivity contribution in [2.45, 2.75) is 43.2 Å². The van der Waals surface area contributed by atoms with Gasteiger partial charge < -0.3 is 5.11 Å². The van der Waals surface area contributed by atoms with Gasteiger partial charge in [-0.2, -0.15) is 4.31 Å². The van der Waals surface area contributed by atoms with Crippen LogP contribution in [-0.4, -0.2) is 30.4 Å². The third-order valence-electron chi connectivity index (χ3n) is 3.85. The molecular weight excluding hydrogens is 298 g/mol. The zero-order valence-electron chi connectivity index (χ0n) is 11.1. The van der Waals surface area contributed by atoms with Gasteiger partial charge in [-0.05, 0) is 49.3 Å². The van der Waals surface area contributed by atoms with Crippen LogP contribution in [0.5, 0.6) is 0 Å². The molecular formula is C14H18ClNO3S.